The zero-order valence-electron chi connectivity index (χ0n) is 16.2. The van der Waals surface area contributed by atoms with Crippen molar-refractivity contribution in [1.82, 2.24) is 14.5 Å². The van der Waals surface area contributed by atoms with E-state index in [1.807, 2.05) is 0 Å². The SMILES string of the molecule is COc1cc(NC(=O)Cn2cnc3nc(N4CCCC4)sc3c2=O)cc(OC)c1. The van der Waals surface area contributed by atoms with Crippen LogP contribution < -0.4 is 25.2 Å². The molecule has 1 aromatic carbocycles. The monoisotopic (exact) mass is 415 g/mol. The molecule has 1 N–H and O–H groups in total. The lowest BCUT2D eigenvalue weighted by molar-refractivity contribution is -0.116. The molecule has 0 bridgehead atoms. The van der Waals surface area contributed by atoms with Crippen LogP contribution in [0.3, 0.4) is 0 Å². The van der Waals surface area contributed by atoms with Crippen LogP contribution in [0.1, 0.15) is 12.8 Å². The molecule has 0 unspecified atom stereocenters. The molecule has 3 aromatic rings. The molecule has 9 nitrogen and oxygen atoms in total. The Labute approximate surface area is 170 Å². The highest BCUT2D eigenvalue weighted by Crippen LogP contribution is 2.28. The number of ether oxygens (including phenoxy) is 2. The molecule has 1 saturated heterocycles. The van der Waals surface area contributed by atoms with Crippen LogP contribution in [0.2, 0.25) is 0 Å². The van der Waals surface area contributed by atoms with Crippen LogP contribution >= 0.6 is 11.3 Å². The molecular weight excluding hydrogens is 394 g/mol. The van der Waals surface area contributed by atoms with Gasteiger partial charge in [-0.3, -0.25) is 14.2 Å². The predicted molar refractivity (Wildman–Crippen MR) is 111 cm³/mol. The standard InChI is InChI=1S/C19H21N5O4S/c1-27-13-7-12(8-14(9-13)28-2)21-15(25)10-24-11-20-17-16(18(24)26)29-19(22-17)23-5-3-4-6-23/h7-9,11H,3-6,10H2,1-2H3,(H,21,25). The Morgan fingerprint density at radius 3 is 2.52 bits per heavy atom. The van der Waals surface area contributed by atoms with E-state index in [2.05, 4.69) is 20.2 Å². The van der Waals surface area contributed by atoms with Gasteiger partial charge in [-0.25, -0.2) is 4.98 Å². The van der Waals surface area contributed by atoms with Crippen molar-refractivity contribution in [2.45, 2.75) is 19.4 Å². The number of anilines is 2. The highest BCUT2D eigenvalue weighted by molar-refractivity contribution is 7.22. The normalized spacial score (nSPS) is 13.7. The van der Waals surface area contributed by atoms with Crippen LogP contribution in [0.5, 0.6) is 11.5 Å². The van der Waals surface area contributed by atoms with Gasteiger partial charge >= 0.3 is 0 Å². The molecule has 0 radical (unpaired) electrons. The lowest BCUT2D eigenvalue weighted by atomic mass is 10.2. The van der Waals surface area contributed by atoms with E-state index in [1.165, 1.54) is 36.5 Å². The molecular formula is C19H21N5O4S. The molecule has 2 aromatic heterocycles. The van der Waals surface area contributed by atoms with Crippen LogP contribution in [0.25, 0.3) is 10.3 Å². The third kappa shape index (κ3) is 4.02. The van der Waals surface area contributed by atoms with Crippen molar-refractivity contribution >= 4 is 38.4 Å². The van der Waals surface area contributed by atoms with Crippen molar-refractivity contribution in [2.24, 2.45) is 0 Å². The fourth-order valence-corrected chi connectivity index (χ4v) is 4.25. The molecule has 0 spiro atoms. The topological polar surface area (TPSA) is 98.6 Å². The summed E-state index contributed by atoms with van der Waals surface area (Å²) in [4.78, 5) is 36.2. The van der Waals surface area contributed by atoms with E-state index in [0.717, 1.165) is 31.1 Å². The quantitative estimate of drug-likeness (QED) is 0.658. The van der Waals surface area contributed by atoms with Gasteiger partial charge in [0.2, 0.25) is 5.91 Å². The molecule has 1 fully saturated rings. The summed E-state index contributed by atoms with van der Waals surface area (Å²) in [7, 11) is 3.07. The number of methoxy groups -OCH3 is 2. The average Bonchev–Trinajstić information content (AvgIpc) is 3.39. The van der Waals surface area contributed by atoms with Gasteiger partial charge in [0, 0.05) is 37.0 Å². The molecule has 1 aliphatic heterocycles. The summed E-state index contributed by atoms with van der Waals surface area (Å²) in [6, 6.07) is 5.06. The van der Waals surface area contributed by atoms with Crippen LogP contribution in [0.4, 0.5) is 10.8 Å². The van der Waals surface area contributed by atoms with Crippen LogP contribution in [0.15, 0.2) is 29.3 Å². The molecule has 0 aliphatic carbocycles. The number of nitrogens with zero attached hydrogens (tertiary/aromatic N) is 4. The van der Waals surface area contributed by atoms with Gasteiger partial charge in [-0.05, 0) is 12.8 Å². The van der Waals surface area contributed by atoms with E-state index in [4.69, 9.17) is 9.47 Å². The van der Waals surface area contributed by atoms with E-state index in [0.29, 0.717) is 27.5 Å². The summed E-state index contributed by atoms with van der Waals surface area (Å²) in [5.41, 5.74) is 0.676. The molecule has 1 aliphatic rings. The van der Waals surface area contributed by atoms with Gasteiger partial charge in [0.15, 0.2) is 10.8 Å². The first-order chi connectivity index (χ1) is 14.1. The lowest BCUT2D eigenvalue weighted by Crippen LogP contribution is -2.27. The number of carbonyl (C=O) groups is 1. The van der Waals surface area contributed by atoms with Crippen molar-refractivity contribution in [3.63, 3.8) is 0 Å². The first-order valence-electron chi connectivity index (χ1n) is 9.21. The number of rotatable bonds is 6. The third-order valence-electron chi connectivity index (χ3n) is 4.70. The average molecular weight is 415 g/mol. The lowest BCUT2D eigenvalue weighted by Gasteiger charge is -2.11. The van der Waals surface area contributed by atoms with Gasteiger partial charge in [0.05, 0.1) is 14.2 Å². The minimum absolute atomic E-state index is 0.155. The summed E-state index contributed by atoms with van der Waals surface area (Å²) >= 11 is 1.33. The summed E-state index contributed by atoms with van der Waals surface area (Å²) in [6.07, 6.45) is 3.62. The van der Waals surface area contributed by atoms with Crippen LogP contribution in [-0.4, -0.2) is 47.8 Å². The number of benzene rings is 1. The predicted octanol–water partition coefficient (Wildman–Crippen LogP) is 2.11. The van der Waals surface area contributed by atoms with E-state index < -0.39 is 0 Å². The molecule has 0 saturated carbocycles. The number of hydrogen-bond acceptors (Lipinski definition) is 8. The van der Waals surface area contributed by atoms with Crippen molar-refractivity contribution in [3.8, 4) is 11.5 Å². The number of thiazole rings is 1. The van der Waals surface area contributed by atoms with Crippen molar-refractivity contribution in [1.29, 1.82) is 0 Å². The van der Waals surface area contributed by atoms with Gasteiger partial charge in [-0.15, -0.1) is 0 Å². The molecule has 4 rings (SSSR count). The number of aromatic nitrogens is 3. The molecule has 10 heteroatoms. The number of fused-ring (bicyclic) bond motifs is 1. The summed E-state index contributed by atoms with van der Waals surface area (Å²) in [5.74, 6) is 0.755. The summed E-state index contributed by atoms with van der Waals surface area (Å²) in [5, 5.41) is 3.57. The molecule has 1 amide bonds. The van der Waals surface area contributed by atoms with E-state index in [1.54, 1.807) is 18.2 Å². The Morgan fingerprint density at radius 1 is 1.17 bits per heavy atom. The highest BCUT2D eigenvalue weighted by atomic mass is 32.1. The van der Waals surface area contributed by atoms with Gasteiger partial charge in [0.25, 0.3) is 5.56 Å². The maximum absolute atomic E-state index is 12.8. The Balaban J connectivity index is 1.53. The number of hydrogen-bond donors (Lipinski definition) is 1. The molecule has 29 heavy (non-hydrogen) atoms. The summed E-state index contributed by atoms with van der Waals surface area (Å²) < 4.78 is 12.2. The van der Waals surface area contributed by atoms with E-state index in [-0.39, 0.29) is 18.0 Å². The zero-order valence-corrected chi connectivity index (χ0v) is 17.0. The van der Waals surface area contributed by atoms with Gasteiger partial charge in [-0.2, -0.15) is 4.98 Å². The van der Waals surface area contributed by atoms with Gasteiger partial charge in [-0.1, -0.05) is 11.3 Å². The van der Waals surface area contributed by atoms with Crippen LogP contribution in [0, 0.1) is 0 Å². The minimum Gasteiger partial charge on any atom is -0.497 e. The smallest absolute Gasteiger partial charge is 0.273 e. The first-order valence-corrected chi connectivity index (χ1v) is 10.0. The van der Waals surface area contributed by atoms with Crippen molar-refractivity contribution in [3.05, 3.63) is 34.9 Å². The Kier molecular flexibility index (Phi) is 5.34. The second kappa shape index (κ2) is 8.08. The van der Waals surface area contributed by atoms with Crippen molar-refractivity contribution in [2.75, 3.05) is 37.5 Å². The number of amides is 1. The Hall–Kier alpha value is -3.14. The third-order valence-corrected chi connectivity index (χ3v) is 5.79. The fourth-order valence-electron chi connectivity index (χ4n) is 3.23. The second-order valence-electron chi connectivity index (χ2n) is 6.67. The van der Waals surface area contributed by atoms with E-state index in [9.17, 15) is 9.59 Å². The number of carbonyl (C=O) groups excluding carboxylic acids is 1. The molecule has 3 heterocycles. The minimum atomic E-state index is -0.354. The van der Waals surface area contributed by atoms with Gasteiger partial charge < -0.3 is 19.7 Å². The maximum Gasteiger partial charge on any atom is 0.273 e. The maximum atomic E-state index is 12.8. The molecule has 152 valence electrons. The largest absolute Gasteiger partial charge is 0.497 e. The van der Waals surface area contributed by atoms with Crippen molar-refractivity contribution < 1.29 is 14.3 Å². The summed E-state index contributed by atoms with van der Waals surface area (Å²) in [6.45, 7) is 1.74. The molecule has 0 atom stereocenters. The van der Waals surface area contributed by atoms with E-state index >= 15 is 0 Å². The highest BCUT2D eigenvalue weighted by Gasteiger charge is 2.19. The Bertz CT molecular complexity index is 1080. The van der Waals surface area contributed by atoms with Crippen LogP contribution in [-0.2, 0) is 11.3 Å². The van der Waals surface area contributed by atoms with Gasteiger partial charge in [0.1, 0.15) is 29.1 Å². The second-order valence-corrected chi connectivity index (χ2v) is 7.65. The zero-order chi connectivity index (χ0) is 20.4. The fraction of sp³-hybridized carbons (Fsp3) is 0.368. The number of nitrogens with one attached hydrogen (secondary N) is 1. The first kappa shape index (κ1) is 19.2. The Morgan fingerprint density at radius 2 is 1.86 bits per heavy atom.